The second-order valence-corrected chi connectivity index (χ2v) is 3.45. The van der Waals surface area contributed by atoms with Gasteiger partial charge in [-0.3, -0.25) is 0 Å². The first kappa shape index (κ1) is 11.1. The van der Waals surface area contributed by atoms with Crippen LogP contribution in [0, 0.1) is 0 Å². The number of aliphatic hydroxyl groups excluding tert-OH is 1. The van der Waals surface area contributed by atoms with Gasteiger partial charge in [0.05, 0.1) is 6.10 Å². The molecule has 0 bridgehead atoms. The Labute approximate surface area is 85.5 Å². The second kappa shape index (κ2) is 5.66. The highest BCUT2D eigenvalue weighted by Crippen LogP contribution is 2.14. The number of ether oxygens (including phenoxy) is 1. The number of hydrogen-bond donors (Lipinski definition) is 1. The van der Waals surface area contributed by atoms with Gasteiger partial charge in [0, 0.05) is 6.61 Å². The summed E-state index contributed by atoms with van der Waals surface area (Å²) in [5, 5.41) is 8.74. The molecule has 0 heterocycles. The van der Waals surface area contributed by atoms with Crippen LogP contribution >= 0.6 is 0 Å². The predicted octanol–water partition coefficient (Wildman–Crippen LogP) is 2.40. The van der Waals surface area contributed by atoms with Gasteiger partial charge in [0.2, 0.25) is 0 Å². The molecule has 0 fully saturated rings. The molecule has 1 unspecified atom stereocenters. The summed E-state index contributed by atoms with van der Waals surface area (Å²) < 4.78 is 5.63. The van der Waals surface area contributed by atoms with Gasteiger partial charge in [0.25, 0.3) is 0 Å². The maximum absolute atomic E-state index is 8.74. The largest absolute Gasteiger partial charge is 0.491 e. The summed E-state index contributed by atoms with van der Waals surface area (Å²) in [6, 6.07) is 7.90. The van der Waals surface area contributed by atoms with E-state index in [2.05, 4.69) is 13.8 Å². The number of hydrogen-bond acceptors (Lipinski definition) is 2. The van der Waals surface area contributed by atoms with Gasteiger partial charge in [-0.2, -0.15) is 0 Å². The lowest BCUT2D eigenvalue weighted by Crippen LogP contribution is -2.09. The molecule has 1 aromatic carbocycles. The molecule has 0 spiro atoms. The molecule has 2 nitrogen and oxygen atoms in total. The van der Waals surface area contributed by atoms with Crippen LogP contribution in [0.15, 0.2) is 24.3 Å². The molecule has 0 saturated heterocycles. The van der Waals surface area contributed by atoms with E-state index in [0.29, 0.717) is 6.42 Å². The first-order chi connectivity index (χ1) is 6.76. The zero-order valence-electron chi connectivity index (χ0n) is 8.86. The highest BCUT2D eigenvalue weighted by molar-refractivity contribution is 5.27. The standard InChI is InChI=1S/C12H18O2/c1-3-10(2)14-12-6-4-11(5-7-12)8-9-13/h4-7,10,13H,3,8-9H2,1-2H3. The molecule has 14 heavy (non-hydrogen) atoms. The predicted molar refractivity (Wildman–Crippen MR) is 57.6 cm³/mol. The first-order valence-corrected chi connectivity index (χ1v) is 5.12. The van der Waals surface area contributed by atoms with Crippen LogP contribution in [0.1, 0.15) is 25.8 Å². The molecule has 0 radical (unpaired) electrons. The fourth-order valence-electron chi connectivity index (χ4n) is 1.18. The lowest BCUT2D eigenvalue weighted by atomic mass is 10.1. The topological polar surface area (TPSA) is 29.5 Å². The van der Waals surface area contributed by atoms with Gasteiger partial charge in [0.1, 0.15) is 5.75 Å². The van der Waals surface area contributed by atoms with Gasteiger partial charge in [-0.1, -0.05) is 19.1 Å². The average Bonchev–Trinajstić information content (AvgIpc) is 2.21. The molecule has 1 N–H and O–H groups in total. The van der Waals surface area contributed by atoms with Gasteiger partial charge in [0.15, 0.2) is 0 Å². The van der Waals surface area contributed by atoms with E-state index in [1.807, 2.05) is 24.3 Å². The first-order valence-electron chi connectivity index (χ1n) is 5.12. The Balaban J connectivity index is 2.54. The van der Waals surface area contributed by atoms with Crippen LogP contribution < -0.4 is 4.74 Å². The van der Waals surface area contributed by atoms with E-state index >= 15 is 0 Å². The van der Waals surface area contributed by atoms with Crippen LogP contribution in [0.25, 0.3) is 0 Å². The van der Waals surface area contributed by atoms with Crippen molar-refractivity contribution >= 4 is 0 Å². The van der Waals surface area contributed by atoms with Crippen LogP contribution in [0.4, 0.5) is 0 Å². The molecule has 78 valence electrons. The molecular weight excluding hydrogens is 176 g/mol. The highest BCUT2D eigenvalue weighted by Gasteiger charge is 2.00. The van der Waals surface area contributed by atoms with E-state index in [1.54, 1.807) is 0 Å². The molecular formula is C12H18O2. The Kier molecular flexibility index (Phi) is 4.47. The smallest absolute Gasteiger partial charge is 0.119 e. The Morgan fingerprint density at radius 3 is 2.43 bits per heavy atom. The van der Waals surface area contributed by atoms with E-state index in [9.17, 15) is 0 Å². The third-order valence-corrected chi connectivity index (χ3v) is 2.24. The Hall–Kier alpha value is -1.02. The van der Waals surface area contributed by atoms with Crippen molar-refractivity contribution in [2.75, 3.05) is 6.61 Å². The summed E-state index contributed by atoms with van der Waals surface area (Å²) in [5.41, 5.74) is 1.14. The van der Waals surface area contributed by atoms with Gasteiger partial charge in [-0.15, -0.1) is 0 Å². The SMILES string of the molecule is CCC(C)Oc1ccc(CCO)cc1. The molecule has 1 rings (SSSR count). The molecule has 0 saturated carbocycles. The normalized spacial score (nSPS) is 12.5. The molecule has 0 aromatic heterocycles. The fraction of sp³-hybridized carbons (Fsp3) is 0.500. The summed E-state index contributed by atoms with van der Waals surface area (Å²) in [5.74, 6) is 0.904. The zero-order chi connectivity index (χ0) is 10.4. The summed E-state index contributed by atoms with van der Waals surface area (Å²) >= 11 is 0. The third kappa shape index (κ3) is 3.38. The van der Waals surface area contributed by atoms with Crippen molar-refractivity contribution in [3.8, 4) is 5.75 Å². The van der Waals surface area contributed by atoms with Crippen molar-refractivity contribution in [2.24, 2.45) is 0 Å². The van der Waals surface area contributed by atoms with Crippen molar-refractivity contribution in [3.63, 3.8) is 0 Å². The molecule has 1 aromatic rings. The fourth-order valence-corrected chi connectivity index (χ4v) is 1.18. The number of aliphatic hydroxyl groups is 1. The lowest BCUT2D eigenvalue weighted by Gasteiger charge is -2.12. The average molecular weight is 194 g/mol. The van der Waals surface area contributed by atoms with E-state index in [0.717, 1.165) is 17.7 Å². The second-order valence-electron chi connectivity index (χ2n) is 3.45. The summed E-state index contributed by atoms with van der Waals surface area (Å²) in [4.78, 5) is 0. The molecule has 1 atom stereocenters. The van der Waals surface area contributed by atoms with Crippen molar-refractivity contribution in [2.45, 2.75) is 32.8 Å². The molecule has 0 amide bonds. The van der Waals surface area contributed by atoms with Gasteiger partial charge >= 0.3 is 0 Å². The van der Waals surface area contributed by atoms with Gasteiger partial charge < -0.3 is 9.84 Å². The van der Waals surface area contributed by atoms with Crippen molar-refractivity contribution in [1.29, 1.82) is 0 Å². The van der Waals surface area contributed by atoms with E-state index in [-0.39, 0.29) is 12.7 Å². The van der Waals surface area contributed by atoms with Crippen LogP contribution in [0.3, 0.4) is 0 Å². The van der Waals surface area contributed by atoms with Gasteiger partial charge in [-0.25, -0.2) is 0 Å². The minimum atomic E-state index is 0.200. The van der Waals surface area contributed by atoms with E-state index in [1.165, 1.54) is 0 Å². The van der Waals surface area contributed by atoms with Crippen LogP contribution in [-0.4, -0.2) is 17.8 Å². The lowest BCUT2D eigenvalue weighted by molar-refractivity contribution is 0.217. The molecule has 0 aliphatic carbocycles. The number of benzene rings is 1. The summed E-state index contributed by atoms with van der Waals surface area (Å²) in [6.07, 6.45) is 1.99. The molecule has 0 aliphatic heterocycles. The van der Waals surface area contributed by atoms with Crippen molar-refractivity contribution in [3.05, 3.63) is 29.8 Å². The Bertz CT molecular complexity index is 254. The van der Waals surface area contributed by atoms with Crippen LogP contribution in [-0.2, 0) is 6.42 Å². The maximum Gasteiger partial charge on any atom is 0.119 e. The number of rotatable bonds is 5. The van der Waals surface area contributed by atoms with E-state index < -0.39 is 0 Å². The molecule has 0 aliphatic rings. The maximum atomic E-state index is 8.74. The zero-order valence-corrected chi connectivity index (χ0v) is 8.86. The van der Waals surface area contributed by atoms with Gasteiger partial charge in [-0.05, 0) is 37.5 Å². The van der Waals surface area contributed by atoms with Crippen molar-refractivity contribution < 1.29 is 9.84 Å². The monoisotopic (exact) mass is 194 g/mol. The van der Waals surface area contributed by atoms with Crippen LogP contribution in [0.2, 0.25) is 0 Å². The molecule has 2 heteroatoms. The van der Waals surface area contributed by atoms with E-state index in [4.69, 9.17) is 9.84 Å². The quantitative estimate of drug-likeness (QED) is 0.780. The third-order valence-electron chi connectivity index (χ3n) is 2.24. The van der Waals surface area contributed by atoms with Crippen LogP contribution in [0.5, 0.6) is 5.75 Å². The Morgan fingerprint density at radius 1 is 1.29 bits per heavy atom. The highest BCUT2D eigenvalue weighted by atomic mass is 16.5. The summed E-state index contributed by atoms with van der Waals surface area (Å²) in [7, 11) is 0. The summed E-state index contributed by atoms with van der Waals surface area (Å²) in [6.45, 7) is 4.36. The minimum absolute atomic E-state index is 0.200. The minimum Gasteiger partial charge on any atom is -0.491 e. The Morgan fingerprint density at radius 2 is 1.93 bits per heavy atom. The van der Waals surface area contributed by atoms with Crippen molar-refractivity contribution in [1.82, 2.24) is 0 Å².